The number of carbonyl (C=O) groups is 2. The van der Waals surface area contributed by atoms with Gasteiger partial charge >= 0.3 is 5.97 Å². The van der Waals surface area contributed by atoms with Gasteiger partial charge in [0.2, 0.25) is 0 Å². The predicted octanol–water partition coefficient (Wildman–Crippen LogP) is 3.00. The van der Waals surface area contributed by atoms with Gasteiger partial charge < -0.3 is 14.5 Å². The number of para-hydroxylation sites is 1. The Balaban J connectivity index is 1.92. The highest BCUT2D eigenvalue weighted by Crippen LogP contribution is 2.26. The molecule has 2 rings (SSSR count). The van der Waals surface area contributed by atoms with Crippen molar-refractivity contribution in [1.82, 2.24) is 0 Å². The van der Waals surface area contributed by atoms with E-state index < -0.39 is 18.5 Å². The summed E-state index contributed by atoms with van der Waals surface area (Å²) < 4.78 is 9.96. The molecule has 0 saturated carbocycles. The summed E-state index contributed by atoms with van der Waals surface area (Å²) in [5.41, 5.74) is 0.871. The second-order valence-corrected chi connectivity index (χ2v) is 5.47. The molecule has 23 heavy (non-hydrogen) atoms. The second kappa shape index (κ2) is 8.06. The van der Waals surface area contributed by atoms with Crippen molar-refractivity contribution < 1.29 is 18.7 Å². The van der Waals surface area contributed by atoms with Crippen LogP contribution in [0.5, 0.6) is 0 Å². The number of thioether (sulfide) groups is 1. The van der Waals surface area contributed by atoms with Gasteiger partial charge in [-0.2, -0.15) is 5.26 Å². The number of carbonyl (C=O) groups excluding carboxylic acids is 2. The minimum absolute atomic E-state index is 0.279. The topological polar surface area (TPSA) is 92.3 Å². The fourth-order valence-corrected chi connectivity index (χ4v) is 2.47. The second-order valence-electron chi connectivity index (χ2n) is 4.46. The number of aryl methyl sites for hydroxylation is 1. The maximum absolute atomic E-state index is 11.9. The molecule has 6 nitrogen and oxygen atoms in total. The summed E-state index contributed by atoms with van der Waals surface area (Å²) in [5.74, 6) is -0.349. The van der Waals surface area contributed by atoms with E-state index in [1.54, 1.807) is 25.1 Å². The van der Waals surface area contributed by atoms with Crippen molar-refractivity contribution in [3.8, 4) is 6.07 Å². The van der Waals surface area contributed by atoms with E-state index in [1.807, 2.05) is 12.1 Å². The molecule has 0 bridgehead atoms. The maximum atomic E-state index is 11.9. The third-order valence-electron chi connectivity index (χ3n) is 2.87. The van der Waals surface area contributed by atoms with E-state index in [0.29, 0.717) is 17.0 Å². The predicted molar refractivity (Wildman–Crippen MR) is 85.1 cm³/mol. The number of hydrogen-bond acceptors (Lipinski definition) is 6. The standard InChI is InChI=1S/C16H14N2O4S/c1-11-12(6-8-21-11)16(20)22-10-15(19)18-13-4-2-3-5-14(13)23-9-7-17/h2-6,8H,9-10H2,1H3,(H,18,19). The molecule has 2 aromatic rings. The van der Waals surface area contributed by atoms with Crippen molar-refractivity contribution in [3.05, 3.63) is 47.9 Å². The van der Waals surface area contributed by atoms with Crippen molar-refractivity contribution in [2.24, 2.45) is 0 Å². The molecule has 0 unspecified atom stereocenters. The number of nitrogens with one attached hydrogen (secondary N) is 1. The highest BCUT2D eigenvalue weighted by atomic mass is 32.2. The molecule has 0 aliphatic heterocycles. The van der Waals surface area contributed by atoms with E-state index in [4.69, 9.17) is 14.4 Å². The third-order valence-corrected chi connectivity index (χ3v) is 3.81. The van der Waals surface area contributed by atoms with Gasteiger partial charge in [0.1, 0.15) is 11.3 Å². The Morgan fingerprint density at radius 2 is 2.13 bits per heavy atom. The minimum atomic E-state index is -0.612. The summed E-state index contributed by atoms with van der Waals surface area (Å²) in [4.78, 5) is 24.5. The van der Waals surface area contributed by atoms with Crippen molar-refractivity contribution in [3.63, 3.8) is 0 Å². The molecule has 1 aromatic carbocycles. The van der Waals surface area contributed by atoms with Gasteiger partial charge in [-0.15, -0.1) is 11.8 Å². The number of anilines is 1. The largest absolute Gasteiger partial charge is 0.469 e. The quantitative estimate of drug-likeness (QED) is 0.646. The van der Waals surface area contributed by atoms with Gasteiger partial charge in [-0.05, 0) is 25.1 Å². The summed E-state index contributed by atoms with van der Waals surface area (Å²) in [6, 6.07) is 10.6. The molecule has 1 N–H and O–H groups in total. The van der Waals surface area contributed by atoms with Gasteiger partial charge in [0.25, 0.3) is 5.91 Å². The monoisotopic (exact) mass is 330 g/mol. The molecule has 0 saturated heterocycles. The van der Waals surface area contributed by atoms with Crippen LogP contribution < -0.4 is 5.32 Å². The van der Waals surface area contributed by atoms with Crippen LogP contribution in [0, 0.1) is 18.3 Å². The molecule has 1 heterocycles. The van der Waals surface area contributed by atoms with Crippen LogP contribution in [0.2, 0.25) is 0 Å². The number of ether oxygens (including phenoxy) is 1. The van der Waals surface area contributed by atoms with Crippen LogP contribution in [0.15, 0.2) is 45.9 Å². The smallest absolute Gasteiger partial charge is 0.342 e. The number of rotatable bonds is 6. The van der Waals surface area contributed by atoms with Crippen molar-refractivity contribution >= 4 is 29.3 Å². The molecule has 7 heteroatoms. The first-order chi connectivity index (χ1) is 11.1. The molecule has 118 valence electrons. The van der Waals surface area contributed by atoms with E-state index in [9.17, 15) is 9.59 Å². The molecule has 1 amide bonds. The van der Waals surface area contributed by atoms with Gasteiger partial charge in [0.15, 0.2) is 6.61 Å². The van der Waals surface area contributed by atoms with Crippen molar-refractivity contribution in [2.45, 2.75) is 11.8 Å². The summed E-state index contributed by atoms with van der Waals surface area (Å²) >= 11 is 1.32. The SMILES string of the molecule is Cc1occc1C(=O)OCC(=O)Nc1ccccc1SCC#N. The molecular weight excluding hydrogens is 316 g/mol. The van der Waals surface area contributed by atoms with Crippen LogP contribution >= 0.6 is 11.8 Å². The lowest BCUT2D eigenvalue weighted by Gasteiger charge is -2.09. The average molecular weight is 330 g/mol. The first-order valence-electron chi connectivity index (χ1n) is 6.71. The summed E-state index contributed by atoms with van der Waals surface area (Å²) in [6.07, 6.45) is 1.38. The third kappa shape index (κ3) is 4.63. The van der Waals surface area contributed by atoms with Gasteiger partial charge in [-0.3, -0.25) is 4.79 Å². The number of hydrogen-bond donors (Lipinski definition) is 1. The molecule has 1 aromatic heterocycles. The summed E-state index contributed by atoms with van der Waals surface area (Å²) in [6.45, 7) is 1.24. The number of benzene rings is 1. The summed E-state index contributed by atoms with van der Waals surface area (Å²) in [7, 11) is 0. The van der Waals surface area contributed by atoms with E-state index >= 15 is 0 Å². The first kappa shape index (κ1) is 16.6. The molecule has 0 atom stereocenters. The van der Waals surface area contributed by atoms with Gasteiger partial charge in [0, 0.05) is 4.90 Å². The number of furan rings is 1. The van der Waals surface area contributed by atoms with Crippen LogP contribution in [-0.2, 0) is 9.53 Å². The molecule has 0 spiro atoms. The van der Waals surface area contributed by atoms with Crippen molar-refractivity contribution in [1.29, 1.82) is 5.26 Å². The van der Waals surface area contributed by atoms with Crippen LogP contribution in [0.1, 0.15) is 16.1 Å². The zero-order valence-electron chi connectivity index (χ0n) is 12.4. The lowest BCUT2D eigenvalue weighted by molar-refractivity contribution is -0.119. The van der Waals surface area contributed by atoms with Gasteiger partial charge in [-0.1, -0.05) is 12.1 Å². The Morgan fingerprint density at radius 3 is 2.83 bits per heavy atom. The van der Waals surface area contributed by atoms with Crippen LogP contribution in [-0.4, -0.2) is 24.2 Å². The van der Waals surface area contributed by atoms with Crippen molar-refractivity contribution in [2.75, 3.05) is 17.7 Å². The number of amides is 1. The van der Waals surface area contributed by atoms with Crippen LogP contribution in [0.4, 0.5) is 5.69 Å². The average Bonchev–Trinajstić information content (AvgIpc) is 2.98. The lowest BCUT2D eigenvalue weighted by atomic mass is 10.3. The highest BCUT2D eigenvalue weighted by molar-refractivity contribution is 7.99. The van der Waals surface area contributed by atoms with E-state index in [1.165, 1.54) is 24.1 Å². The van der Waals surface area contributed by atoms with Crippen LogP contribution in [0.3, 0.4) is 0 Å². The van der Waals surface area contributed by atoms with Gasteiger partial charge in [0.05, 0.1) is 23.8 Å². The van der Waals surface area contributed by atoms with Crippen LogP contribution in [0.25, 0.3) is 0 Å². The fraction of sp³-hybridized carbons (Fsp3) is 0.188. The Labute approximate surface area is 137 Å². The van der Waals surface area contributed by atoms with E-state index in [2.05, 4.69) is 5.32 Å². The van der Waals surface area contributed by atoms with E-state index in [0.717, 1.165) is 4.90 Å². The Morgan fingerprint density at radius 1 is 1.35 bits per heavy atom. The highest BCUT2D eigenvalue weighted by Gasteiger charge is 2.15. The lowest BCUT2D eigenvalue weighted by Crippen LogP contribution is -2.21. The maximum Gasteiger partial charge on any atom is 0.342 e. The van der Waals surface area contributed by atoms with Gasteiger partial charge in [-0.25, -0.2) is 4.79 Å². The Hall–Kier alpha value is -2.72. The fourth-order valence-electron chi connectivity index (χ4n) is 1.80. The minimum Gasteiger partial charge on any atom is -0.469 e. The zero-order valence-corrected chi connectivity index (χ0v) is 13.2. The molecule has 0 aliphatic rings. The Bertz CT molecular complexity index is 749. The summed E-state index contributed by atoms with van der Waals surface area (Å²) in [5, 5.41) is 11.3. The number of esters is 1. The molecule has 0 fully saturated rings. The molecule has 0 aliphatic carbocycles. The number of nitrogens with zero attached hydrogens (tertiary/aromatic N) is 1. The number of nitriles is 1. The van der Waals surface area contributed by atoms with E-state index in [-0.39, 0.29) is 5.75 Å². The normalized spacial score (nSPS) is 9.91. The molecular formula is C16H14N2O4S. The first-order valence-corrected chi connectivity index (χ1v) is 7.70. The Kier molecular flexibility index (Phi) is 5.83. The molecule has 0 radical (unpaired) electrons. The zero-order chi connectivity index (χ0) is 16.7.